The molecule has 0 saturated carbocycles. The Morgan fingerprint density at radius 2 is 1.62 bits per heavy atom. The van der Waals surface area contributed by atoms with Gasteiger partial charge < -0.3 is 4.90 Å². The van der Waals surface area contributed by atoms with Gasteiger partial charge in [-0.05, 0) is 37.0 Å². The van der Waals surface area contributed by atoms with Crippen LogP contribution in [0.2, 0.25) is 0 Å². The SMILES string of the molecule is CC(=O)C(C)CC(C)c1ccc(N(CCCl)CCCl)cc1. The summed E-state index contributed by atoms with van der Waals surface area (Å²) in [6.45, 7) is 7.42. The number of rotatable bonds is 9. The molecule has 0 saturated heterocycles. The van der Waals surface area contributed by atoms with Crippen molar-refractivity contribution in [3.05, 3.63) is 29.8 Å². The van der Waals surface area contributed by atoms with Gasteiger partial charge in [0, 0.05) is 36.5 Å². The van der Waals surface area contributed by atoms with E-state index in [0.29, 0.717) is 17.7 Å². The standard InChI is InChI=1S/C17H25Cl2NO/c1-13(15(3)21)12-14(2)16-4-6-17(7-5-16)20(10-8-18)11-9-19/h4-7,13-14H,8-12H2,1-3H3. The molecule has 0 spiro atoms. The molecule has 0 radical (unpaired) electrons. The maximum Gasteiger partial charge on any atom is 0.132 e. The number of carbonyl (C=O) groups is 1. The monoisotopic (exact) mass is 329 g/mol. The summed E-state index contributed by atoms with van der Waals surface area (Å²) in [5.74, 6) is 1.93. The highest BCUT2D eigenvalue weighted by atomic mass is 35.5. The van der Waals surface area contributed by atoms with Gasteiger partial charge >= 0.3 is 0 Å². The first kappa shape index (κ1) is 18.3. The van der Waals surface area contributed by atoms with E-state index in [0.717, 1.165) is 25.2 Å². The minimum Gasteiger partial charge on any atom is -0.369 e. The quantitative estimate of drug-likeness (QED) is 0.612. The van der Waals surface area contributed by atoms with Crippen LogP contribution in [0.5, 0.6) is 0 Å². The van der Waals surface area contributed by atoms with Crippen LogP contribution >= 0.6 is 23.2 Å². The molecular formula is C17H25Cl2NO. The van der Waals surface area contributed by atoms with Gasteiger partial charge in [0.1, 0.15) is 5.78 Å². The van der Waals surface area contributed by atoms with Crippen LogP contribution in [-0.4, -0.2) is 30.6 Å². The Morgan fingerprint density at radius 1 is 1.10 bits per heavy atom. The number of halogens is 2. The number of hydrogen-bond acceptors (Lipinski definition) is 2. The lowest BCUT2D eigenvalue weighted by Gasteiger charge is -2.24. The molecule has 21 heavy (non-hydrogen) atoms. The number of hydrogen-bond donors (Lipinski definition) is 0. The molecular weight excluding hydrogens is 305 g/mol. The zero-order valence-corrected chi connectivity index (χ0v) is 14.6. The van der Waals surface area contributed by atoms with E-state index in [-0.39, 0.29) is 11.7 Å². The van der Waals surface area contributed by atoms with Crippen molar-refractivity contribution in [1.82, 2.24) is 0 Å². The van der Waals surface area contributed by atoms with Crippen LogP contribution < -0.4 is 4.90 Å². The average molecular weight is 330 g/mol. The maximum atomic E-state index is 11.4. The third-order valence-corrected chi connectivity index (χ3v) is 4.28. The van der Waals surface area contributed by atoms with E-state index in [1.807, 2.05) is 6.92 Å². The summed E-state index contributed by atoms with van der Waals surface area (Å²) in [6, 6.07) is 8.51. The van der Waals surface area contributed by atoms with Gasteiger partial charge in [-0.2, -0.15) is 0 Å². The lowest BCUT2D eigenvalue weighted by atomic mass is 9.89. The minimum atomic E-state index is 0.115. The molecule has 0 aliphatic carbocycles. The first-order valence-electron chi connectivity index (χ1n) is 7.46. The van der Waals surface area contributed by atoms with Crippen molar-refractivity contribution in [3.8, 4) is 0 Å². The molecule has 1 rings (SSSR count). The van der Waals surface area contributed by atoms with Crippen molar-refractivity contribution in [2.45, 2.75) is 33.1 Å². The van der Waals surface area contributed by atoms with E-state index < -0.39 is 0 Å². The Hall–Kier alpha value is -0.730. The van der Waals surface area contributed by atoms with E-state index >= 15 is 0 Å². The zero-order valence-electron chi connectivity index (χ0n) is 13.1. The second kappa shape index (κ2) is 9.32. The second-order valence-electron chi connectivity index (χ2n) is 5.60. The largest absolute Gasteiger partial charge is 0.369 e. The molecule has 0 N–H and O–H groups in total. The van der Waals surface area contributed by atoms with Crippen LogP contribution in [0.4, 0.5) is 5.69 Å². The number of benzene rings is 1. The highest BCUT2D eigenvalue weighted by Gasteiger charge is 2.14. The summed E-state index contributed by atoms with van der Waals surface area (Å²) < 4.78 is 0. The predicted molar refractivity (Wildman–Crippen MR) is 93.0 cm³/mol. The van der Waals surface area contributed by atoms with Crippen molar-refractivity contribution >= 4 is 34.7 Å². The van der Waals surface area contributed by atoms with E-state index in [9.17, 15) is 4.79 Å². The summed E-state index contributed by atoms with van der Waals surface area (Å²) in [5, 5.41) is 0. The molecule has 0 aromatic heterocycles. The normalized spacial score (nSPS) is 13.8. The molecule has 0 bridgehead atoms. The van der Waals surface area contributed by atoms with E-state index in [2.05, 4.69) is 36.1 Å². The lowest BCUT2D eigenvalue weighted by Crippen LogP contribution is -2.27. The molecule has 1 aromatic carbocycles. The van der Waals surface area contributed by atoms with E-state index in [4.69, 9.17) is 23.2 Å². The Labute approximate surface area is 138 Å². The van der Waals surface area contributed by atoms with Crippen molar-refractivity contribution in [3.63, 3.8) is 0 Å². The van der Waals surface area contributed by atoms with Gasteiger partial charge in [-0.1, -0.05) is 26.0 Å². The highest BCUT2D eigenvalue weighted by Crippen LogP contribution is 2.26. The van der Waals surface area contributed by atoms with Crippen LogP contribution in [0.3, 0.4) is 0 Å². The number of Topliss-reactive ketones (excluding diaryl/α,β-unsaturated/α-hetero) is 1. The van der Waals surface area contributed by atoms with Gasteiger partial charge in [0.05, 0.1) is 0 Å². The average Bonchev–Trinajstić information content (AvgIpc) is 2.47. The molecule has 2 unspecified atom stereocenters. The Balaban J connectivity index is 2.73. The van der Waals surface area contributed by atoms with Gasteiger partial charge in [-0.3, -0.25) is 4.79 Å². The third-order valence-electron chi connectivity index (χ3n) is 3.94. The summed E-state index contributed by atoms with van der Waals surface area (Å²) >= 11 is 11.7. The number of ketones is 1. The summed E-state index contributed by atoms with van der Waals surface area (Å²) in [7, 11) is 0. The number of nitrogens with zero attached hydrogens (tertiary/aromatic N) is 1. The molecule has 4 heteroatoms. The first-order valence-corrected chi connectivity index (χ1v) is 8.53. The Kier molecular flexibility index (Phi) is 8.13. The molecule has 0 heterocycles. The fourth-order valence-corrected chi connectivity index (χ4v) is 2.83. The smallest absolute Gasteiger partial charge is 0.132 e. The Morgan fingerprint density at radius 3 is 2.05 bits per heavy atom. The second-order valence-corrected chi connectivity index (χ2v) is 6.36. The molecule has 118 valence electrons. The lowest BCUT2D eigenvalue weighted by molar-refractivity contribution is -0.120. The van der Waals surface area contributed by atoms with Crippen molar-refractivity contribution in [2.75, 3.05) is 29.7 Å². The minimum absolute atomic E-state index is 0.115. The van der Waals surface area contributed by atoms with Crippen LogP contribution in [-0.2, 0) is 4.79 Å². The zero-order chi connectivity index (χ0) is 15.8. The van der Waals surface area contributed by atoms with Crippen molar-refractivity contribution in [2.24, 2.45) is 5.92 Å². The number of alkyl halides is 2. The molecule has 1 aromatic rings. The fraction of sp³-hybridized carbons (Fsp3) is 0.588. The van der Waals surface area contributed by atoms with Crippen LogP contribution in [0.25, 0.3) is 0 Å². The number of carbonyl (C=O) groups excluding carboxylic acids is 1. The summed E-state index contributed by atoms with van der Waals surface area (Å²) in [5.41, 5.74) is 2.41. The van der Waals surface area contributed by atoms with Crippen molar-refractivity contribution in [1.29, 1.82) is 0 Å². The van der Waals surface area contributed by atoms with Crippen LogP contribution in [0, 0.1) is 5.92 Å². The van der Waals surface area contributed by atoms with Crippen LogP contribution in [0.1, 0.15) is 38.7 Å². The van der Waals surface area contributed by atoms with Gasteiger partial charge in [0.15, 0.2) is 0 Å². The van der Waals surface area contributed by atoms with Crippen LogP contribution in [0.15, 0.2) is 24.3 Å². The molecule has 0 aliphatic rings. The number of anilines is 1. The summed E-state index contributed by atoms with van der Waals surface area (Å²) in [6.07, 6.45) is 0.891. The molecule has 0 fully saturated rings. The highest BCUT2D eigenvalue weighted by molar-refractivity contribution is 6.18. The van der Waals surface area contributed by atoms with Gasteiger partial charge in [-0.25, -0.2) is 0 Å². The van der Waals surface area contributed by atoms with Gasteiger partial charge in [0.2, 0.25) is 0 Å². The Bertz CT molecular complexity index is 427. The molecule has 2 atom stereocenters. The van der Waals surface area contributed by atoms with Gasteiger partial charge in [-0.15, -0.1) is 23.2 Å². The van der Waals surface area contributed by atoms with E-state index in [1.54, 1.807) is 6.92 Å². The molecule has 0 aliphatic heterocycles. The van der Waals surface area contributed by atoms with Gasteiger partial charge in [0.25, 0.3) is 0 Å². The molecule has 2 nitrogen and oxygen atoms in total. The third kappa shape index (κ3) is 5.88. The van der Waals surface area contributed by atoms with Crippen molar-refractivity contribution < 1.29 is 4.79 Å². The maximum absolute atomic E-state index is 11.4. The van der Waals surface area contributed by atoms with E-state index in [1.165, 1.54) is 5.56 Å². The first-order chi connectivity index (χ1) is 9.99. The molecule has 0 amide bonds. The topological polar surface area (TPSA) is 20.3 Å². The summed E-state index contributed by atoms with van der Waals surface area (Å²) in [4.78, 5) is 13.6. The predicted octanol–water partition coefficient (Wildman–Crippen LogP) is 4.69. The fourth-order valence-electron chi connectivity index (χ4n) is 2.42.